The van der Waals surface area contributed by atoms with Crippen molar-refractivity contribution in [3.05, 3.63) is 65.7 Å². The highest BCUT2D eigenvalue weighted by atomic mass is 32.2. The molecule has 1 unspecified atom stereocenters. The van der Waals surface area contributed by atoms with Crippen LogP contribution in [0.1, 0.15) is 37.8 Å². The van der Waals surface area contributed by atoms with Gasteiger partial charge in [-0.25, -0.2) is 4.79 Å². The number of ether oxygens (including phenoxy) is 2. The molecule has 0 saturated heterocycles. The molecule has 2 aromatic rings. The Kier molecular flexibility index (Phi) is 8.04. The third kappa shape index (κ3) is 9.08. The topological polar surface area (TPSA) is 108 Å². The molecule has 0 spiro atoms. The van der Waals surface area contributed by atoms with Gasteiger partial charge >= 0.3 is 22.2 Å². The van der Waals surface area contributed by atoms with Gasteiger partial charge in [-0.15, -0.1) is 0 Å². The molecule has 0 aliphatic heterocycles. The molecule has 0 aliphatic carbocycles. The van der Waals surface area contributed by atoms with Crippen molar-refractivity contribution in [2.24, 2.45) is 0 Å². The van der Waals surface area contributed by atoms with Gasteiger partial charge in [-0.05, 0) is 44.0 Å². The lowest BCUT2D eigenvalue weighted by atomic mass is 9.99. The van der Waals surface area contributed by atoms with E-state index >= 15 is 0 Å². The molecule has 1 N–H and O–H groups in total. The summed E-state index contributed by atoms with van der Waals surface area (Å²) in [5, 5.41) is 2.56. The highest BCUT2D eigenvalue weighted by Gasteiger charge is 2.25. The van der Waals surface area contributed by atoms with Crippen LogP contribution >= 0.6 is 0 Å². The molecule has 8 nitrogen and oxygen atoms in total. The number of amides is 1. The fraction of sp³-hybridized carbons (Fsp3) is 0.364. The van der Waals surface area contributed by atoms with Crippen LogP contribution in [-0.4, -0.2) is 38.9 Å². The number of carbonyl (C=O) groups excluding carboxylic acids is 2. The van der Waals surface area contributed by atoms with Gasteiger partial charge in [0.2, 0.25) is 0 Å². The van der Waals surface area contributed by atoms with Crippen LogP contribution in [0.5, 0.6) is 5.75 Å². The summed E-state index contributed by atoms with van der Waals surface area (Å²) in [4.78, 5) is 24.9. The van der Waals surface area contributed by atoms with E-state index in [9.17, 15) is 18.0 Å². The minimum absolute atomic E-state index is 0.0538. The van der Waals surface area contributed by atoms with Crippen LogP contribution in [-0.2, 0) is 31.0 Å². The Hall–Kier alpha value is -3.07. The van der Waals surface area contributed by atoms with Crippen LogP contribution in [0, 0.1) is 0 Å². The van der Waals surface area contributed by atoms with Gasteiger partial charge in [-0.3, -0.25) is 4.79 Å². The summed E-state index contributed by atoms with van der Waals surface area (Å²) < 4.78 is 38.4. The fourth-order valence-corrected chi connectivity index (χ4v) is 3.08. The molecule has 168 valence electrons. The van der Waals surface area contributed by atoms with Crippen LogP contribution in [0.15, 0.2) is 54.6 Å². The monoisotopic (exact) mass is 449 g/mol. The van der Waals surface area contributed by atoms with E-state index in [0.717, 1.165) is 11.8 Å². The molecule has 31 heavy (non-hydrogen) atoms. The minimum atomic E-state index is -3.74. The number of hydrogen-bond donors (Lipinski definition) is 1. The molecule has 0 radical (unpaired) electrons. The molecule has 1 atom stereocenters. The fourth-order valence-electron chi connectivity index (χ4n) is 2.62. The van der Waals surface area contributed by atoms with Crippen molar-refractivity contribution in [1.29, 1.82) is 0 Å². The lowest BCUT2D eigenvalue weighted by Crippen LogP contribution is -2.36. The molecule has 0 heterocycles. The number of rotatable bonds is 8. The lowest BCUT2D eigenvalue weighted by Gasteiger charge is -2.22. The van der Waals surface area contributed by atoms with E-state index in [1.54, 1.807) is 32.9 Å². The van der Waals surface area contributed by atoms with Crippen molar-refractivity contribution in [3.63, 3.8) is 0 Å². The predicted octanol–water partition coefficient (Wildman–Crippen LogP) is 3.38. The smallest absolute Gasteiger partial charge is 0.407 e. The highest BCUT2D eigenvalue weighted by Crippen LogP contribution is 2.23. The second kappa shape index (κ2) is 10.3. The first-order valence-corrected chi connectivity index (χ1v) is 11.4. The quantitative estimate of drug-likeness (QED) is 0.486. The molecule has 1 amide bonds. The van der Waals surface area contributed by atoms with E-state index in [0.29, 0.717) is 5.56 Å². The first kappa shape index (κ1) is 24.2. The van der Waals surface area contributed by atoms with Crippen molar-refractivity contribution >= 4 is 22.2 Å². The SMILES string of the molecule is CC(C)(C)OC(=O)NCC(C(=O)OCc1ccccc1)c1cccc(OS(C)(=O)=O)c1. The summed E-state index contributed by atoms with van der Waals surface area (Å²) >= 11 is 0. The Morgan fingerprint density at radius 2 is 1.71 bits per heavy atom. The Bertz CT molecular complexity index is 998. The minimum Gasteiger partial charge on any atom is -0.460 e. The maximum atomic E-state index is 12.8. The molecule has 0 aliphatic rings. The zero-order chi connectivity index (χ0) is 23.1. The van der Waals surface area contributed by atoms with Gasteiger partial charge in [0.1, 0.15) is 18.0 Å². The van der Waals surface area contributed by atoms with Gasteiger partial charge < -0.3 is 19.0 Å². The summed E-state index contributed by atoms with van der Waals surface area (Å²) in [5.41, 5.74) is 0.538. The van der Waals surface area contributed by atoms with Crippen LogP contribution in [0.25, 0.3) is 0 Å². The standard InChI is InChI=1S/C22H27NO7S/c1-22(2,3)29-21(25)23-14-19(20(24)28-15-16-9-6-5-7-10-16)17-11-8-12-18(13-17)30-31(4,26)27/h5-13,19H,14-15H2,1-4H3,(H,23,25). The number of nitrogens with one attached hydrogen (secondary N) is 1. The maximum Gasteiger partial charge on any atom is 0.407 e. The third-order valence-corrected chi connectivity index (χ3v) is 4.36. The number of benzene rings is 2. The van der Waals surface area contributed by atoms with Crippen LogP contribution in [0.2, 0.25) is 0 Å². The number of alkyl carbamates (subject to hydrolysis) is 1. The highest BCUT2D eigenvalue weighted by molar-refractivity contribution is 7.86. The van der Waals surface area contributed by atoms with E-state index in [1.807, 2.05) is 30.3 Å². The van der Waals surface area contributed by atoms with Crippen LogP contribution in [0.3, 0.4) is 0 Å². The molecule has 2 rings (SSSR count). The second-order valence-electron chi connectivity index (χ2n) is 7.89. The summed E-state index contributed by atoms with van der Waals surface area (Å²) in [5.74, 6) is -1.44. The van der Waals surface area contributed by atoms with Gasteiger partial charge in [0.05, 0.1) is 12.2 Å². The summed E-state index contributed by atoms with van der Waals surface area (Å²) in [6.07, 6.45) is 0.243. The van der Waals surface area contributed by atoms with Gasteiger partial charge in [0.15, 0.2) is 0 Å². The zero-order valence-corrected chi connectivity index (χ0v) is 18.8. The average molecular weight is 450 g/mol. The third-order valence-electron chi connectivity index (χ3n) is 3.87. The number of hydrogen-bond acceptors (Lipinski definition) is 7. The first-order valence-electron chi connectivity index (χ1n) is 9.60. The van der Waals surface area contributed by atoms with Crippen molar-refractivity contribution < 1.29 is 31.7 Å². The van der Waals surface area contributed by atoms with Crippen molar-refractivity contribution in [3.8, 4) is 5.75 Å². The molecule has 0 aromatic heterocycles. The molecule has 0 bridgehead atoms. The van der Waals surface area contributed by atoms with Crippen LogP contribution in [0.4, 0.5) is 4.79 Å². The first-order chi connectivity index (χ1) is 14.4. The molecule has 0 fully saturated rings. The molecule has 2 aromatic carbocycles. The maximum absolute atomic E-state index is 12.8. The predicted molar refractivity (Wildman–Crippen MR) is 115 cm³/mol. The average Bonchev–Trinajstić information content (AvgIpc) is 2.65. The second-order valence-corrected chi connectivity index (χ2v) is 9.46. The zero-order valence-electron chi connectivity index (χ0n) is 18.0. The van der Waals surface area contributed by atoms with Gasteiger partial charge in [0, 0.05) is 6.54 Å². The molecular weight excluding hydrogens is 422 g/mol. The summed E-state index contributed by atoms with van der Waals surface area (Å²) in [7, 11) is -3.74. The van der Waals surface area contributed by atoms with E-state index in [2.05, 4.69) is 5.32 Å². The van der Waals surface area contributed by atoms with E-state index in [-0.39, 0.29) is 18.9 Å². The largest absolute Gasteiger partial charge is 0.460 e. The molecular formula is C22H27NO7S. The van der Waals surface area contributed by atoms with Gasteiger partial charge in [0.25, 0.3) is 0 Å². The van der Waals surface area contributed by atoms with E-state index in [1.165, 1.54) is 12.1 Å². The van der Waals surface area contributed by atoms with Crippen LogP contribution < -0.4 is 9.50 Å². The number of carbonyl (C=O) groups is 2. The Labute approximate surface area is 182 Å². The van der Waals surface area contributed by atoms with E-state index < -0.39 is 33.7 Å². The van der Waals surface area contributed by atoms with Crippen molar-refractivity contribution in [1.82, 2.24) is 5.32 Å². The Morgan fingerprint density at radius 3 is 2.32 bits per heavy atom. The summed E-state index contributed by atoms with van der Waals surface area (Å²) in [6.45, 7) is 5.13. The molecule has 0 saturated carbocycles. The normalized spacial score (nSPS) is 12.5. The summed E-state index contributed by atoms with van der Waals surface area (Å²) in [6, 6.07) is 15.2. The van der Waals surface area contributed by atoms with Gasteiger partial charge in [-0.1, -0.05) is 42.5 Å². The Balaban J connectivity index is 2.19. The van der Waals surface area contributed by atoms with Crippen molar-refractivity contribution in [2.75, 3.05) is 12.8 Å². The van der Waals surface area contributed by atoms with Gasteiger partial charge in [-0.2, -0.15) is 8.42 Å². The lowest BCUT2D eigenvalue weighted by molar-refractivity contribution is -0.146. The van der Waals surface area contributed by atoms with E-state index in [4.69, 9.17) is 13.7 Å². The number of esters is 1. The van der Waals surface area contributed by atoms with Crippen molar-refractivity contribution in [2.45, 2.75) is 38.9 Å². The Morgan fingerprint density at radius 1 is 1.03 bits per heavy atom. The molecule has 9 heteroatoms.